The maximum absolute atomic E-state index is 12.8. The molecule has 0 heterocycles. The van der Waals surface area contributed by atoms with Gasteiger partial charge in [0.1, 0.15) is 13.2 Å². The molecule has 0 amide bonds. The Bertz CT molecular complexity index is 902. The third-order valence-electron chi connectivity index (χ3n) is 12.3. The van der Waals surface area contributed by atoms with Gasteiger partial charge in [-0.1, -0.05) is 253 Å². The molecule has 6 heteroatoms. The number of unbranched alkanes of at least 4 members (excludes halogenated alkanes) is 31. The molecule has 0 aromatic rings. The van der Waals surface area contributed by atoms with Crippen LogP contribution < -0.4 is 0 Å². The van der Waals surface area contributed by atoms with Crippen LogP contribution >= 0.6 is 0 Å². The van der Waals surface area contributed by atoms with E-state index < -0.39 is 6.10 Å². The fourth-order valence-electron chi connectivity index (χ4n) is 7.96. The van der Waals surface area contributed by atoms with Gasteiger partial charge in [0.2, 0.25) is 0 Å². The van der Waals surface area contributed by atoms with Gasteiger partial charge in [-0.3, -0.25) is 14.4 Å². The van der Waals surface area contributed by atoms with Crippen LogP contribution in [-0.2, 0) is 28.6 Å². The van der Waals surface area contributed by atoms with Gasteiger partial charge in [-0.05, 0) is 31.1 Å². The largest absolute Gasteiger partial charge is 0.462 e. The number of carbonyl (C=O) groups is 3. The van der Waals surface area contributed by atoms with Crippen LogP contribution in [0.5, 0.6) is 0 Å². The van der Waals surface area contributed by atoms with E-state index >= 15 is 0 Å². The molecule has 6 nitrogen and oxygen atoms in total. The third kappa shape index (κ3) is 45.8. The fraction of sp³-hybridized carbons (Fsp3) is 0.943. The number of hydrogen-bond donors (Lipinski definition) is 0. The summed E-state index contributed by atoms with van der Waals surface area (Å²) in [6, 6.07) is 0. The summed E-state index contributed by atoms with van der Waals surface area (Å²) in [5.74, 6) is 0.820. The van der Waals surface area contributed by atoms with Gasteiger partial charge in [0.15, 0.2) is 6.10 Å². The lowest BCUT2D eigenvalue weighted by Crippen LogP contribution is -2.30. The average molecular weight is 835 g/mol. The maximum Gasteiger partial charge on any atom is 0.306 e. The Morgan fingerprint density at radius 3 is 0.966 bits per heavy atom. The van der Waals surface area contributed by atoms with Crippen molar-refractivity contribution in [3.63, 3.8) is 0 Å². The normalized spacial score (nSPS) is 12.5. The van der Waals surface area contributed by atoms with Crippen LogP contribution in [-0.4, -0.2) is 37.2 Å². The van der Waals surface area contributed by atoms with Crippen molar-refractivity contribution in [3.8, 4) is 0 Å². The molecule has 0 aromatic heterocycles. The quantitative estimate of drug-likeness (QED) is 0.0345. The van der Waals surface area contributed by atoms with Crippen LogP contribution in [0.3, 0.4) is 0 Å². The van der Waals surface area contributed by atoms with E-state index in [4.69, 9.17) is 14.2 Å². The lowest BCUT2D eigenvalue weighted by atomic mass is 10.00. The summed E-state index contributed by atoms with van der Waals surface area (Å²) in [6.07, 6.45) is 46.7. The van der Waals surface area contributed by atoms with Crippen LogP contribution in [0.1, 0.15) is 291 Å². The van der Waals surface area contributed by atoms with Gasteiger partial charge in [-0.2, -0.15) is 0 Å². The Labute approximate surface area is 368 Å². The van der Waals surface area contributed by atoms with Crippen LogP contribution in [0.25, 0.3) is 0 Å². The average Bonchev–Trinajstić information content (AvgIpc) is 3.22. The Morgan fingerprint density at radius 1 is 0.356 bits per heavy atom. The highest BCUT2D eigenvalue weighted by Crippen LogP contribution is 2.18. The smallest absolute Gasteiger partial charge is 0.306 e. The van der Waals surface area contributed by atoms with Crippen molar-refractivity contribution in [2.45, 2.75) is 298 Å². The molecule has 350 valence electrons. The predicted octanol–water partition coefficient (Wildman–Crippen LogP) is 16.9. The van der Waals surface area contributed by atoms with E-state index in [0.29, 0.717) is 19.3 Å². The lowest BCUT2D eigenvalue weighted by molar-refractivity contribution is -0.167. The molecule has 0 bridgehead atoms. The minimum Gasteiger partial charge on any atom is -0.462 e. The van der Waals surface area contributed by atoms with E-state index in [1.165, 1.54) is 180 Å². The zero-order valence-electron chi connectivity index (χ0n) is 40.4. The van der Waals surface area contributed by atoms with Crippen molar-refractivity contribution in [1.82, 2.24) is 0 Å². The monoisotopic (exact) mass is 835 g/mol. The Hall–Kier alpha value is -1.59. The molecule has 0 aliphatic carbocycles. The minimum atomic E-state index is -0.761. The van der Waals surface area contributed by atoms with Gasteiger partial charge in [0.05, 0.1) is 0 Å². The second kappa shape index (κ2) is 45.9. The fourth-order valence-corrected chi connectivity index (χ4v) is 7.96. The summed E-state index contributed by atoms with van der Waals surface area (Å²) in [6.45, 7) is 11.4. The number of carbonyl (C=O) groups excluding carboxylic acids is 3. The molecule has 0 rings (SSSR count). The SMILES string of the molecule is CCCCCCCCCCCCC(=O)OC[C@@H](COC(=O)CCCCCCCCC(C)CC)OC(=O)CCCCCCCCCCCCCCCCCCCCC(C)C. The standard InChI is InChI=1S/C53H102O6/c1-6-8-9-10-11-12-24-27-33-38-43-51(54)57-46-50(47-58-52(55)44-39-34-30-29-32-37-42-49(5)7-2)59-53(56)45-40-35-28-25-22-20-18-16-14-13-15-17-19-21-23-26-31-36-41-48(3)4/h48-50H,6-47H2,1-5H3/t49?,50-/m0/s1. The van der Waals surface area contributed by atoms with Crippen molar-refractivity contribution in [2.24, 2.45) is 11.8 Å². The van der Waals surface area contributed by atoms with Crippen molar-refractivity contribution in [2.75, 3.05) is 13.2 Å². The van der Waals surface area contributed by atoms with E-state index in [-0.39, 0.29) is 31.1 Å². The Balaban J connectivity index is 4.20. The number of rotatable bonds is 47. The van der Waals surface area contributed by atoms with E-state index in [2.05, 4.69) is 34.6 Å². The van der Waals surface area contributed by atoms with Gasteiger partial charge in [0.25, 0.3) is 0 Å². The number of hydrogen-bond acceptors (Lipinski definition) is 6. The molecule has 0 saturated carbocycles. The molecule has 0 aromatic carbocycles. The summed E-state index contributed by atoms with van der Waals surface area (Å²) < 4.78 is 16.8. The van der Waals surface area contributed by atoms with Crippen molar-refractivity contribution < 1.29 is 28.6 Å². The Morgan fingerprint density at radius 2 is 0.644 bits per heavy atom. The molecule has 0 N–H and O–H groups in total. The van der Waals surface area contributed by atoms with Gasteiger partial charge in [-0.25, -0.2) is 0 Å². The first-order valence-corrected chi connectivity index (χ1v) is 26.3. The van der Waals surface area contributed by atoms with Gasteiger partial charge in [-0.15, -0.1) is 0 Å². The van der Waals surface area contributed by atoms with E-state index in [0.717, 1.165) is 69.6 Å². The molecule has 0 spiro atoms. The van der Waals surface area contributed by atoms with Gasteiger partial charge >= 0.3 is 17.9 Å². The number of esters is 3. The molecule has 0 saturated heterocycles. The topological polar surface area (TPSA) is 78.9 Å². The summed E-state index contributed by atoms with van der Waals surface area (Å²) in [7, 11) is 0. The first kappa shape index (κ1) is 57.4. The highest BCUT2D eigenvalue weighted by molar-refractivity contribution is 5.71. The van der Waals surface area contributed by atoms with Gasteiger partial charge < -0.3 is 14.2 Å². The molecule has 0 aliphatic rings. The molecule has 0 aliphatic heterocycles. The minimum absolute atomic E-state index is 0.0644. The summed E-state index contributed by atoms with van der Waals surface area (Å²) >= 11 is 0. The highest BCUT2D eigenvalue weighted by atomic mass is 16.6. The van der Waals surface area contributed by atoms with Crippen LogP contribution in [0.2, 0.25) is 0 Å². The molecule has 0 radical (unpaired) electrons. The van der Waals surface area contributed by atoms with Gasteiger partial charge in [0, 0.05) is 19.3 Å². The second-order valence-corrected chi connectivity index (χ2v) is 18.9. The van der Waals surface area contributed by atoms with Crippen molar-refractivity contribution >= 4 is 17.9 Å². The zero-order valence-corrected chi connectivity index (χ0v) is 40.4. The zero-order chi connectivity index (χ0) is 43.3. The lowest BCUT2D eigenvalue weighted by Gasteiger charge is -2.18. The second-order valence-electron chi connectivity index (χ2n) is 18.9. The van der Waals surface area contributed by atoms with Crippen molar-refractivity contribution in [1.29, 1.82) is 0 Å². The number of ether oxygens (including phenoxy) is 3. The van der Waals surface area contributed by atoms with Crippen LogP contribution in [0, 0.1) is 11.8 Å². The van der Waals surface area contributed by atoms with Crippen LogP contribution in [0.15, 0.2) is 0 Å². The Kier molecular flexibility index (Phi) is 44.7. The molecule has 1 unspecified atom stereocenters. The third-order valence-corrected chi connectivity index (χ3v) is 12.3. The molecular formula is C53H102O6. The molecule has 59 heavy (non-hydrogen) atoms. The predicted molar refractivity (Wildman–Crippen MR) is 252 cm³/mol. The van der Waals surface area contributed by atoms with Crippen LogP contribution in [0.4, 0.5) is 0 Å². The van der Waals surface area contributed by atoms with E-state index in [1.807, 2.05) is 0 Å². The summed E-state index contributed by atoms with van der Waals surface area (Å²) in [5, 5.41) is 0. The van der Waals surface area contributed by atoms with Crippen molar-refractivity contribution in [3.05, 3.63) is 0 Å². The first-order chi connectivity index (χ1) is 28.8. The van der Waals surface area contributed by atoms with E-state index in [9.17, 15) is 14.4 Å². The summed E-state index contributed by atoms with van der Waals surface area (Å²) in [4.78, 5) is 37.8. The molecule has 0 fully saturated rings. The molecule has 2 atom stereocenters. The molecular weight excluding hydrogens is 733 g/mol. The first-order valence-electron chi connectivity index (χ1n) is 26.3. The summed E-state index contributed by atoms with van der Waals surface area (Å²) in [5.41, 5.74) is 0. The highest BCUT2D eigenvalue weighted by Gasteiger charge is 2.19. The van der Waals surface area contributed by atoms with E-state index in [1.54, 1.807) is 0 Å². The maximum atomic E-state index is 12.8.